The maximum Gasteiger partial charge on any atom is 0.131 e. The van der Waals surface area contributed by atoms with Crippen LogP contribution < -0.4 is 4.90 Å². The normalized spacial score (nSPS) is 16.3. The van der Waals surface area contributed by atoms with Gasteiger partial charge in [0.15, 0.2) is 0 Å². The van der Waals surface area contributed by atoms with E-state index in [1.54, 1.807) is 6.20 Å². The molecule has 58 valence electrons. The first-order valence-electron chi connectivity index (χ1n) is 3.73. The Morgan fingerprint density at radius 3 is 2.82 bits per heavy atom. The zero-order chi connectivity index (χ0) is 7.68. The first-order valence-corrected chi connectivity index (χ1v) is 4.10. The van der Waals surface area contributed by atoms with Gasteiger partial charge in [0.2, 0.25) is 0 Å². The van der Waals surface area contributed by atoms with Crippen LogP contribution in [0.2, 0.25) is 5.15 Å². The monoisotopic (exact) mass is 168 g/mol. The molecule has 0 spiro atoms. The van der Waals surface area contributed by atoms with E-state index in [2.05, 4.69) is 9.88 Å². The molecule has 2 rings (SSSR count). The highest BCUT2D eigenvalue weighted by atomic mass is 35.5. The minimum absolute atomic E-state index is 0.578. The third kappa shape index (κ3) is 1.31. The van der Waals surface area contributed by atoms with E-state index in [-0.39, 0.29) is 0 Å². The molecule has 1 aromatic heterocycles. The molecule has 1 fully saturated rings. The van der Waals surface area contributed by atoms with Crippen LogP contribution in [0, 0.1) is 0 Å². The maximum atomic E-state index is 5.73. The first-order chi connectivity index (χ1) is 5.36. The second-order valence-corrected chi connectivity index (χ2v) is 3.06. The van der Waals surface area contributed by atoms with Crippen molar-refractivity contribution in [1.82, 2.24) is 4.98 Å². The van der Waals surface area contributed by atoms with Gasteiger partial charge in [-0.3, -0.25) is 0 Å². The Morgan fingerprint density at radius 2 is 2.27 bits per heavy atom. The molecule has 0 amide bonds. The summed E-state index contributed by atoms with van der Waals surface area (Å²) in [5.74, 6) is 0. The predicted molar refractivity (Wildman–Crippen MR) is 46.1 cm³/mol. The summed E-state index contributed by atoms with van der Waals surface area (Å²) in [5, 5.41) is 0.578. The highest BCUT2D eigenvalue weighted by molar-refractivity contribution is 6.29. The average molecular weight is 169 g/mol. The van der Waals surface area contributed by atoms with Gasteiger partial charge in [0.1, 0.15) is 5.15 Å². The average Bonchev–Trinajstić information content (AvgIpc) is 1.83. The van der Waals surface area contributed by atoms with Gasteiger partial charge in [-0.15, -0.1) is 0 Å². The molecule has 1 aliphatic heterocycles. The summed E-state index contributed by atoms with van der Waals surface area (Å²) in [6.45, 7) is 2.31. The fraction of sp³-hybridized carbons (Fsp3) is 0.375. The van der Waals surface area contributed by atoms with Crippen LogP contribution in [0.15, 0.2) is 18.3 Å². The van der Waals surface area contributed by atoms with Crippen molar-refractivity contribution in [3.63, 3.8) is 0 Å². The summed E-state index contributed by atoms with van der Waals surface area (Å²) in [7, 11) is 0. The first kappa shape index (κ1) is 6.92. The Balaban J connectivity index is 2.23. The fourth-order valence-electron chi connectivity index (χ4n) is 1.16. The number of aromatic nitrogens is 1. The van der Waals surface area contributed by atoms with E-state index in [1.165, 1.54) is 12.1 Å². The number of hydrogen-bond donors (Lipinski definition) is 0. The van der Waals surface area contributed by atoms with Crippen molar-refractivity contribution in [3.05, 3.63) is 23.5 Å². The molecular weight excluding hydrogens is 160 g/mol. The van der Waals surface area contributed by atoms with Gasteiger partial charge in [0.25, 0.3) is 0 Å². The number of anilines is 1. The van der Waals surface area contributed by atoms with Gasteiger partial charge in [0.05, 0.1) is 0 Å². The molecule has 1 saturated heterocycles. The van der Waals surface area contributed by atoms with Crippen LogP contribution in [0.5, 0.6) is 0 Å². The summed E-state index contributed by atoms with van der Waals surface area (Å²) in [6, 6.07) is 3.89. The van der Waals surface area contributed by atoms with Gasteiger partial charge in [0, 0.05) is 25.0 Å². The molecule has 0 bridgehead atoms. The molecule has 2 heterocycles. The topological polar surface area (TPSA) is 16.1 Å². The second kappa shape index (κ2) is 2.70. The van der Waals surface area contributed by atoms with Gasteiger partial charge in [-0.25, -0.2) is 4.98 Å². The Kier molecular flexibility index (Phi) is 1.70. The van der Waals surface area contributed by atoms with E-state index in [4.69, 9.17) is 11.6 Å². The van der Waals surface area contributed by atoms with Crippen molar-refractivity contribution in [1.29, 1.82) is 0 Å². The Labute approximate surface area is 70.8 Å². The minimum atomic E-state index is 0.578. The fourth-order valence-corrected chi connectivity index (χ4v) is 1.33. The lowest BCUT2D eigenvalue weighted by atomic mass is 10.2. The summed E-state index contributed by atoms with van der Waals surface area (Å²) < 4.78 is 0. The zero-order valence-electron chi connectivity index (χ0n) is 6.13. The van der Waals surface area contributed by atoms with Crippen LogP contribution in [-0.4, -0.2) is 18.1 Å². The van der Waals surface area contributed by atoms with Gasteiger partial charge in [-0.05, 0) is 18.6 Å². The van der Waals surface area contributed by atoms with E-state index in [0.29, 0.717) is 5.15 Å². The minimum Gasteiger partial charge on any atom is -0.371 e. The van der Waals surface area contributed by atoms with Gasteiger partial charge in [-0.2, -0.15) is 0 Å². The molecular formula is C8H9ClN2. The third-order valence-electron chi connectivity index (χ3n) is 1.93. The van der Waals surface area contributed by atoms with Crippen LogP contribution in [0.25, 0.3) is 0 Å². The number of hydrogen-bond acceptors (Lipinski definition) is 2. The molecule has 1 aromatic rings. The van der Waals surface area contributed by atoms with E-state index < -0.39 is 0 Å². The maximum absolute atomic E-state index is 5.73. The largest absolute Gasteiger partial charge is 0.371 e. The van der Waals surface area contributed by atoms with E-state index in [1.807, 2.05) is 12.1 Å². The summed E-state index contributed by atoms with van der Waals surface area (Å²) >= 11 is 5.73. The number of halogens is 1. The number of nitrogens with zero attached hydrogens (tertiary/aromatic N) is 2. The van der Waals surface area contributed by atoms with Crippen molar-refractivity contribution in [2.45, 2.75) is 6.42 Å². The highest BCUT2D eigenvalue weighted by Gasteiger charge is 2.13. The molecule has 0 aromatic carbocycles. The van der Waals surface area contributed by atoms with Crippen LogP contribution >= 0.6 is 11.6 Å². The zero-order valence-corrected chi connectivity index (χ0v) is 6.88. The van der Waals surface area contributed by atoms with E-state index >= 15 is 0 Å². The van der Waals surface area contributed by atoms with Crippen molar-refractivity contribution < 1.29 is 0 Å². The molecule has 0 radical (unpaired) electrons. The van der Waals surface area contributed by atoms with Gasteiger partial charge in [-0.1, -0.05) is 11.6 Å². The van der Waals surface area contributed by atoms with Crippen LogP contribution in [0.4, 0.5) is 5.69 Å². The summed E-state index contributed by atoms with van der Waals surface area (Å²) in [5.41, 5.74) is 1.19. The standard InChI is InChI=1S/C8H9ClN2/c9-8-6-7(2-3-10-8)11-4-1-5-11/h2-3,6H,1,4-5H2. The predicted octanol–water partition coefficient (Wildman–Crippen LogP) is 1.95. The van der Waals surface area contributed by atoms with Crippen molar-refractivity contribution in [2.24, 2.45) is 0 Å². The van der Waals surface area contributed by atoms with Crippen LogP contribution in [0.3, 0.4) is 0 Å². The second-order valence-electron chi connectivity index (χ2n) is 2.68. The third-order valence-corrected chi connectivity index (χ3v) is 2.14. The SMILES string of the molecule is Clc1cc(N2CCC2)ccn1. The Hall–Kier alpha value is -0.760. The number of pyridine rings is 1. The lowest BCUT2D eigenvalue weighted by molar-refractivity contribution is 0.617. The lowest BCUT2D eigenvalue weighted by Crippen LogP contribution is -2.36. The highest BCUT2D eigenvalue weighted by Crippen LogP contribution is 2.21. The molecule has 1 aliphatic rings. The van der Waals surface area contributed by atoms with Gasteiger partial charge < -0.3 is 4.90 Å². The van der Waals surface area contributed by atoms with Crippen LogP contribution in [-0.2, 0) is 0 Å². The summed E-state index contributed by atoms with van der Waals surface area (Å²) in [6.07, 6.45) is 3.04. The molecule has 0 aliphatic carbocycles. The molecule has 0 N–H and O–H groups in total. The van der Waals surface area contributed by atoms with Crippen molar-refractivity contribution in [2.75, 3.05) is 18.0 Å². The lowest BCUT2D eigenvalue weighted by Gasteiger charge is -2.33. The van der Waals surface area contributed by atoms with Crippen molar-refractivity contribution in [3.8, 4) is 0 Å². The smallest absolute Gasteiger partial charge is 0.131 e. The number of rotatable bonds is 1. The molecule has 0 saturated carbocycles. The molecule has 0 unspecified atom stereocenters. The molecule has 0 atom stereocenters. The summed E-state index contributed by atoms with van der Waals surface area (Å²) in [4.78, 5) is 6.20. The molecule has 11 heavy (non-hydrogen) atoms. The quantitative estimate of drug-likeness (QED) is 0.596. The van der Waals surface area contributed by atoms with Gasteiger partial charge >= 0.3 is 0 Å². The molecule has 3 heteroatoms. The van der Waals surface area contributed by atoms with Crippen LogP contribution in [0.1, 0.15) is 6.42 Å². The van der Waals surface area contributed by atoms with E-state index in [9.17, 15) is 0 Å². The Morgan fingerprint density at radius 1 is 1.45 bits per heavy atom. The Bertz CT molecular complexity index is 258. The molecule has 2 nitrogen and oxygen atoms in total. The van der Waals surface area contributed by atoms with Crippen molar-refractivity contribution >= 4 is 17.3 Å². The van der Waals surface area contributed by atoms with E-state index in [0.717, 1.165) is 13.1 Å².